The van der Waals surface area contributed by atoms with Crippen molar-refractivity contribution in [2.75, 3.05) is 32.4 Å². The summed E-state index contributed by atoms with van der Waals surface area (Å²) >= 11 is 0. The molecular weight excluding hydrogens is 368 g/mol. The van der Waals surface area contributed by atoms with Gasteiger partial charge in [0.15, 0.2) is 0 Å². The lowest BCUT2D eigenvalue weighted by Gasteiger charge is -2.21. The standard InChI is InChI=1S/C18H28N4O4S/c1-14(2)20-18(24)19-13-15-5-7-16(8-6-15)17(23)21-9-4-10-22(12-11-21)27(3,25)26/h5-8,14H,4,9-13H2,1-3H3,(H2,19,20,24). The van der Waals surface area contributed by atoms with E-state index in [1.54, 1.807) is 17.0 Å². The van der Waals surface area contributed by atoms with Crippen molar-refractivity contribution in [3.8, 4) is 0 Å². The van der Waals surface area contributed by atoms with Gasteiger partial charge in [0.05, 0.1) is 6.26 Å². The van der Waals surface area contributed by atoms with Crippen LogP contribution >= 0.6 is 0 Å². The Balaban J connectivity index is 1.92. The van der Waals surface area contributed by atoms with Gasteiger partial charge in [-0.25, -0.2) is 17.5 Å². The quantitative estimate of drug-likeness (QED) is 0.776. The monoisotopic (exact) mass is 396 g/mol. The zero-order chi connectivity index (χ0) is 20.0. The smallest absolute Gasteiger partial charge is 0.315 e. The molecule has 0 radical (unpaired) electrons. The molecule has 1 fully saturated rings. The lowest BCUT2D eigenvalue weighted by Crippen LogP contribution is -2.39. The first-order valence-electron chi connectivity index (χ1n) is 9.04. The van der Waals surface area contributed by atoms with E-state index >= 15 is 0 Å². The van der Waals surface area contributed by atoms with Crippen molar-refractivity contribution in [1.82, 2.24) is 19.8 Å². The van der Waals surface area contributed by atoms with Gasteiger partial charge in [-0.1, -0.05) is 12.1 Å². The first kappa shape index (κ1) is 21.2. The predicted octanol–water partition coefficient (Wildman–Crippen LogP) is 1.00. The van der Waals surface area contributed by atoms with Crippen LogP contribution in [0.2, 0.25) is 0 Å². The minimum Gasteiger partial charge on any atom is -0.337 e. The van der Waals surface area contributed by atoms with Gasteiger partial charge in [0.1, 0.15) is 0 Å². The molecule has 27 heavy (non-hydrogen) atoms. The predicted molar refractivity (Wildman–Crippen MR) is 104 cm³/mol. The maximum absolute atomic E-state index is 12.7. The highest BCUT2D eigenvalue weighted by Gasteiger charge is 2.24. The summed E-state index contributed by atoms with van der Waals surface area (Å²) in [5.74, 6) is -0.109. The molecule has 2 rings (SSSR count). The maximum Gasteiger partial charge on any atom is 0.315 e. The molecule has 0 aromatic heterocycles. The van der Waals surface area contributed by atoms with E-state index < -0.39 is 10.0 Å². The summed E-state index contributed by atoms with van der Waals surface area (Å²) in [6, 6.07) is 6.92. The van der Waals surface area contributed by atoms with E-state index in [4.69, 9.17) is 0 Å². The topological polar surface area (TPSA) is 98.8 Å². The number of urea groups is 1. The van der Waals surface area contributed by atoms with Crippen molar-refractivity contribution in [2.45, 2.75) is 32.9 Å². The molecule has 0 spiro atoms. The Morgan fingerprint density at radius 2 is 1.74 bits per heavy atom. The summed E-state index contributed by atoms with van der Waals surface area (Å²) in [4.78, 5) is 26.0. The van der Waals surface area contributed by atoms with Crippen LogP contribution in [0.3, 0.4) is 0 Å². The molecule has 9 heteroatoms. The van der Waals surface area contributed by atoms with Crippen molar-refractivity contribution in [1.29, 1.82) is 0 Å². The van der Waals surface area contributed by atoms with E-state index in [0.29, 0.717) is 44.7 Å². The molecule has 0 atom stereocenters. The molecule has 1 heterocycles. The second kappa shape index (κ2) is 9.18. The first-order chi connectivity index (χ1) is 12.7. The van der Waals surface area contributed by atoms with E-state index in [0.717, 1.165) is 5.56 Å². The highest BCUT2D eigenvalue weighted by Crippen LogP contribution is 2.12. The van der Waals surface area contributed by atoms with Gasteiger partial charge < -0.3 is 15.5 Å². The highest BCUT2D eigenvalue weighted by molar-refractivity contribution is 7.88. The number of rotatable bonds is 5. The molecule has 1 saturated heterocycles. The molecule has 0 saturated carbocycles. The van der Waals surface area contributed by atoms with Crippen molar-refractivity contribution in [3.05, 3.63) is 35.4 Å². The molecule has 150 valence electrons. The van der Waals surface area contributed by atoms with Crippen LogP contribution in [0, 0.1) is 0 Å². The van der Waals surface area contributed by atoms with Crippen LogP contribution < -0.4 is 10.6 Å². The zero-order valence-corrected chi connectivity index (χ0v) is 16.9. The van der Waals surface area contributed by atoms with Crippen molar-refractivity contribution in [2.24, 2.45) is 0 Å². The number of nitrogens with one attached hydrogen (secondary N) is 2. The Labute approximate surface area is 161 Å². The summed E-state index contributed by atoms with van der Waals surface area (Å²) in [7, 11) is -3.23. The fourth-order valence-corrected chi connectivity index (χ4v) is 3.75. The summed E-state index contributed by atoms with van der Waals surface area (Å²) in [5.41, 5.74) is 1.45. The van der Waals surface area contributed by atoms with Crippen LogP contribution in [-0.2, 0) is 16.6 Å². The van der Waals surface area contributed by atoms with E-state index in [1.807, 2.05) is 26.0 Å². The number of carbonyl (C=O) groups is 2. The number of carbonyl (C=O) groups excluding carboxylic acids is 2. The summed E-state index contributed by atoms with van der Waals surface area (Å²) in [6.45, 7) is 5.81. The van der Waals surface area contributed by atoms with Crippen LogP contribution in [0.25, 0.3) is 0 Å². The molecule has 0 aliphatic carbocycles. The van der Waals surface area contributed by atoms with Gasteiger partial charge in [-0.2, -0.15) is 0 Å². The number of benzene rings is 1. The van der Waals surface area contributed by atoms with Crippen LogP contribution in [0.5, 0.6) is 0 Å². The van der Waals surface area contributed by atoms with E-state index in [2.05, 4.69) is 10.6 Å². The van der Waals surface area contributed by atoms with Crippen LogP contribution in [-0.4, -0.2) is 68.0 Å². The van der Waals surface area contributed by atoms with Crippen molar-refractivity contribution >= 4 is 22.0 Å². The van der Waals surface area contributed by atoms with Crippen LogP contribution in [0.4, 0.5) is 4.79 Å². The second-order valence-corrected chi connectivity index (χ2v) is 8.97. The third-order valence-corrected chi connectivity index (χ3v) is 5.59. The third-order valence-electron chi connectivity index (χ3n) is 4.28. The average Bonchev–Trinajstić information content (AvgIpc) is 2.85. The minimum atomic E-state index is -3.23. The van der Waals surface area contributed by atoms with Gasteiger partial charge in [-0.15, -0.1) is 0 Å². The van der Waals surface area contributed by atoms with Crippen molar-refractivity contribution in [3.63, 3.8) is 0 Å². The molecule has 1 aromatic rings. The number of hydrogen-bond acceptors (Lipinski definition) is 4. The molecule has 2 N–H and O–H groups in total. The Bertz CT molecular complexity index is 762. The van der Waals surface area contributed by atoms with Gasteiger partial charge in [0.25, 0.3) is 5.91 Å². The SMILES string of the molecule is CC(C)NC(=O)NCc1ccc(C(=O)N2CCCN(S(C)(=O)=O)CC2)cc1. The number of amides is 3. The number of sulfonamides is 1. The fraction of sp³-hybridized carbons (Fsp3) is 0.556. The molecule has 0 unspecified atom stereocenters. The number of nitrogens with zero attached hydrogens (tertiary/aromatic N) is 2. The molecule has 1 aromatic carbocycles. The van der Waals surface area contributed by atoms with Gasteiger partial charge in [0.2, 0.25) is 10.0 Å². The highest BCUT2D eigenvalue weighted by atomic mass is 32.2. The van der Waals surface area contributed by atoms with E-state index in [1.165, 1.54) is 10.6 Å². The Hall–Kier alpha value is -2.13. The van der Waals surface area contributed by atoms with Gasteiger partial charge >= 0.3 is 6.03 Å². The second-order valence-electron chi connectivity index (χ2n) is 6.99. The molecule has 1 aliphatic rings. The Morgan fingerprint density at radius 1 is 1.07 bits per heavy atom. The molecule has 1 aliphatic heterocycles. The minimum absolute atomic E-state index is 0.0669. The zero-order valence-electron chi connectivity index (χ0n) is 16.1. The molecule has 8 nitrogen and oxygen atoms in total. The van der Waals surface area contributed by atoms with Gasteiger partial charge in [0, 0.05) is 44.3 Å². The van der Waals surface area contributed by atoms with Gasteiger partial charge in [-0.05, 0) is 38.0 Å². The lowest BCUT2D eigenvalue weighted by atomic mass is 10.1. The normalized spacial score (nSPS) is 16.1. The lowest BCUT2D eigenvalue weighted by molar-refractivity contribution is 0.0764. The molecular formula is C18H28N4O4S. The van der Waals surface area contributed by atoms with Gasteiger partial charge in [-0.3, -0.25) is 4.79 Å². The summed E-state index contributed by atoms with van der Waals surface area (Å²) < 4.78 is 24.8. The molecule has 3 amide bonds. The largest absolute Gasteiger partial charge is 0.337 e. The average molecular weight is 397 g/mol. The van der Waals surface area contributed by atoms with Crippen LogP contribution in [0.15, 0.2) is 24.3 Å². The molecule has 0 bridgehead atoms. The third kappa shape index (κ3) is 6.51. The fourth-order valence-electron chi connectivity index (χ4n) is 2.87. The van der Waals surface area contributed by atoms with E-state index in [-0.39, 0.29) is 18.0 Å². The number of hydrogen-bond donors (Lipinski definition) is 2. The van der Waals surface area contributed by atoms with Crippen LogP contribution in [0.1, 0.15) is 36.2 Å². The van der Waals surface area contributed by atoms with Crippen molar-refractivity contribution < 1.29 is 18.0 Å². The van der Waals surface area contributed by atoms with E-state index in [9.17, 15) is 18.0 Å². The maximum atomic E-state index is 12.7. The summed E-state index contributed by atoms with van der Waals surface area (Å²) in [5, 5.41) is 5.51. The Kier molecular flexibility index (Phi) is 7.20. The first-order valence-corrected chi connectivity index (χ1v) is 10.9. The summed E-state index contributed by atoms with van der Waals surface area (Å²) in [6.07, 6.45) is 1.81. The Morgan fingerprint density at radius 3 is 2.33 bits per heavy atom.